The highest BCUT2D eigenvalue weighted by Gasteiger charge is 2.02. The number of ether oxygens (including phenoxy) is 1. The smallest absolute Gasteiger partial charge is 0.118 e. The van der Waals surface area contributed by atoms with Crippen LogP contribution in [0.2, 0.25) is 0 Å². The van der Waals surface area contributed by atoms with Crippen molar-refractivity contribution in [3.63, 3.8) is 0 Å². The van der Waals surface area contributed by atoms with Crippen LogP contribution < -0.4 is 4.74 Å². The van der Waals surface area contributed by atoms with E-state index in [4.69, 9.17) is 10.1 Å². The van der Waals surface area contributed by atoms with Gasteiger partial charge >= 0.3 is 0 Å². The molecule has 0 fully saturated rings. The Morgan fingerprint density at radius 2 is 1.65 bits per heavy atom. The van der Waals surface area contributed by atoms with Crippen molar-refractivity contribution in [2.45, 2.75) is 6.42 Å². The van der Waals surface area contributed by atoms with Crippen LogP contribution >= 0.6 is 0 Å². The quantitative estimate of drug-likeness (QED) is 0.796. The molecule has 86 valence electrons. The third-order valence-electron chi connectivity index (χ3n) is 2.66. The second-order valence-corrected chi connectivity index (χ2v) is 3.87. The Kier molecular flexibility index (Phi) is 3.55. The van der Waals surface area contributed by atoms with Gasteiger partial charge in [0.15, 0.2) is 0 Å². The topological polar surface area (TPSA) is 33.1 Å². The van der Waals surface area contributed by atoms with Crippen LogP contribution in [0.3, 0.4) is 0 Å². The van der Waals surface area contributed by atoms with Crippen LogP contribution in [-0.4, -0.2) is 12.8 Å². The first kappa shape index (κ1) is 11.4. The van der Waals surface area contributed by atoms with Crippen LogP contribution in [0.25, 0.3) is 0 Å². The molecule has 0 aliphatic carbocycles. The van der Waals surface area contributed by atoms with Crippen LogP contribution in [0, 0.1) is 5.41 Å². The van der Waals surface area contributed by atoms with E-state index in [1.165, 1.54) is 0 Å². The van der Waals surface area contributed by atoms with Crippen LogP contribution in [0.5, 0.6) is 5.75 Å². The molecule has 17 heavy (non-hydrogen) atoms. The SMILES string of the molecule is COc1ccc(CC(=N)c2ccccc2)cc1. The van der Waals surface area contributed by atoms with Crippen LogP contribution in [0.1, 0.15) is 11.1 Å². The van der Waals surface area contributed by atoms with Crippen molar-refractivity contribution < 1.29 is 4.74 Å². The molecule has 0 radical (unpaired) electrons. The molecule has 0 aliphatic heterocycles. The monoisotopic (exact) mass is 225 g/mol. The van der Waals surface area contributed by atoms with Crippen molar-refractivity contribution in [2.24, 2.45) is 0 Å². The number of methoxy groups -OCH3 is 1. The van der Waals surface area contributed by atoms with Gasteiger partial charge in [0.05, 0.1) is 7.11 Å². The first-order chi connectivity index (χ1) is 8.29. The van der Waals surface area contributed by atoms with Crippen molar-refractivity contribution in [3.05, 3.63) is 65.7 Å². The van der Waals surface area contributed by atoms with E-state index in [-0.39, 0.29) is 0 Å². The molecular weight excluding hydrogens is 210 g/mol. The van der Waals surface area contributed by atoms with Gasteiger partial charge in [0, 0.05) is 12.1 Å². The molecule has 2 rings (SSSR count). The third kappa shape index (κ3) is 2.94. The molecular formula is C15H15NO. The van der Waals surface area contributed by atoms with Crippen molar-refractivity contribution in [3.8, 4) is 5.75 Å². The summed E-state index contributed by atoms with van der Waals surface area (Å²) in [7, 11) is 1.65. The van der Waals surface area contributed by atoms with E-state index >= 15 is 0 Å². The maximum Gasteiger partial charge on any atom is 0.118 e. The van der Waals surface area contributed by atoms with Gasteiger partial charge in [0.1, 0.15) is 5.75 Å². The zero-order valence-corrected chi connectivity index (χ0v) is 9.81. The average molecular weight is 225 g/mol. The summed E-state index contributed by atoms with van der Waals surface area (Å²) >= 11 is 0. The fourth-order valence-electron chi connectivity index (χ4n) is 1.69. The fourth-order valence-corrected chi connectivity index (χ4v) is 1.69. The zero-order chi connectivity index (χ0) is 12.1. The normalized spacial score (nSPS) is 9.94. The number of nitrogens with one attached hydrogen (secondary N) is 1. The maximum atomic E-state index is 8.03. The first-order valence-corrected chi connectivity index (χ1v) is 5.55. The molecule has 0 heterocycles. The van der Waals surface area contributed by atoms with E-state index in [1.54, 1.807) is 7.11 Å². The molecule has 0 aromatic heterocycles. The summed E-state index contributed by atoms with van der Waals surface area (Å²) in [6.45, 7) is 0. The van der Waals surface area contributed by atoms with E-state index in [1.807, 2.05) is 54.6 Å². The molecule has 0 bridgehead atoms. The molecule has 0 atom stereocenters. The predicted molar refractivity (Wildman–Crippen MR) is 70.0 cm³/mol. The van der Waals surface area contributed by atoms with Crippen molar-refractivity contribution in [2.75, 3.05) is 7.11 Å². The predicted octanol–water partition coefficient (Wildman–Crippen LogP) is 3.31. The molecule has 0 amide bonds. The number of hydrogen-bond acceptors (Lipinski definition) is 2. The molecule has 0 unspecified atom stereocenters. The van der Waals surface area contributed by atoms with E-state index in [2.05, 4.69) is 0 Å². The highest BCUT2D eigenvalue weighted by molar-refractivity contribution is 5.99. The zero-order valence-electron chi connectivity index (χ0n) is 9.81. The number of rotatable bonds is 4. The average Bonchev–Trinajstić information content (AvgIpc) is 2.40. The van der Waals surface area contributed by atoms with Crippen molar-refractivity contribution in [1.82, 2.24) is 0 Å². The molecule has 2 aromatic rings. The standard InChI is InChI=1S/C15H15NO/c1-17-14-9-7-12(8-10-14)11-15(16)13-5-3-2-4-6-13/h2-10,16H,11H2,1H3. The molecule has 0 aliphatic rings. The number of hydrogen-bond donors (Lipinski definition) is 1. The summed E-state index contributed by atoms with van der Waals surface area (Å²) in [5, 5.41) is 8.03. The lowest BCUT2D eigenvalue weighted by molar-refractivity contribution is 0.414. The summed E-state index contributed by atoms with van der Waals surface area (Å²) in [4.78, 5) is 0. The molecule has 2 nitrogen and oxygen atoms in total. The lowest BCUT2D eigenvalue weighted by Gasteiger charge is -2.05. The molecule has 0 spiro atoms. The van der Waals surface area contributed by atoms with Crippen LogP contribution in [0.4, 0.5) is 0 Å². The van der Waals surface area contributed by atoms with Gasteiger partial charge in [-0.2, -0.15) is 0 Å². The number of benzene rings is 2. The minimum Gasteiger partial charge on any atom is -0.497 e. The van der Waals surface area contributed by atoms with E-state index < -0.39 is 0 Å². The Balaban J connectivity index is 2.08. The third-order valence-corrected chi connectivity index (χ3v) is 2.66. The first-order valence-electron chi connectivity index (χ1n) is 5.55. The maximum absolute atomic E-state index is 8.03. The summed E-state index contributed by atoms with van der Waals surface area (Å²) in [6.07, 6.45) is 0.647. The van der Waals surface area contributed by atoms with Crippen LogP contribution in [-0.2, 0) is 6.42 Å². The Morgan fingerprint density at radius 1 is 1.00 bits per heavy atom. The Labute approximate surface area is 101 Å². The highest BCUT2D eigenvalue weighted by Crippen LogP contribution is 2.13. The molecule has 0 saturated carbocycles. The van der Waals surface area contributed by atoms with Gasteiger partial charge in [0.2, 0.25) is 0 Å². The van der Waals surface area contributed by atoms with E-state index in [0.717, 1.165) is 16.9 Å². The fraction of sp³-hybridized carbons (Fsp3) is 0.133. The minimum atomic E-state index is 0.635. The van der Waals surface area contributed by atoms with Gasteiger partial charge in [-0.1, -0.05) is 42.5 Å². The van der Waals surface area contributed by atoms with Gasteiger partial charge in [-0.05, 0) is 23.3 Å². The summed E-state index contributed by atoms with van der Waals surface area (Å²) in [6, 6.07) is 17.6. The Morgan fingerprint density at radius 3 is 2.24 bits per heavy atom. The molecule has 1 N–H and O–H groups in total. The lowest BCUT2D eigenvalue weighted by Crippen LogP contribution is -2.03. The Hall–Kier alpha value is -2.09. The Bertz CT molecular complexity index is 488. The van der Waals surface area contributed by atoms with E-state index in [9.17, 15) is 0 Å². The second-order valence-electron chi connectivity index (χ2n) is 3.87. The summed E-state index contributed by atoms with van der Waals surface area (Å²) in [5.41, 5.74) is 2.73. The molecule has 2 heteroatoms. The minimum absolute atomic E-state index is 0.635. The van der Waals surface area contributed by atoms with Crippen molar-refractivity contribution in [1.29, 1.82) is 5.41 Å². The largest absolute Gasteiger partial charge is 0.497 e. The summed E-state index contributed by atoms with van der Waals surface area (Å²) in [5.74, 6) is 0.847. The second kappa shape index (κ2) is 5.30. The van der Waals surface area contributed by atoms with E-state index in [0.29, 0.717) is 12.1 Å². The molecule has 0 saturated heterocycles. The summed E-state index contributed by atoms with van der Waals surface area (Å²) < 4.78 is 5.11. The van der Waals surface area contributed by atoms with Gasteiger partial charge < -0.3 is 10.1 Å². The molecule has 2 aromatic carbocycles. The highest BCUT2D eigenvalue weighted by atomic mass is 16.5. The van der Waals surface area contributed by atoms with Gasteiger partial charge in [-0.15, -0.1) is 0 Å². The van der Waals surface area contributed by atoms with Crippen LogP contribution in [0.15, 0.2) is 54.6 Å². The van der Waals surface area contributed by atoms with Gasteiger partial charge in [-0.25, -0.2) is 0 Å². The van der Waals surface area contributed by atoms with Crippen molar-refractivity contribution >= 4 is 5.71 Å². The van der Waals surface area contributed by atoms with Gasteiger partial charge in [0.25, 0.3) is 0 Å². The lowest BCUT2D eigenvalue weighted by atomic mass is 10.0. The van der Waals surface area contributed by atoms with Gasteiger partial charge in [-0.3, -0.25) is 0 Å².